The molecule has 0 unspecified atom stereocenters. The normalized spacial score (nSPS) is 14.2. The molecule has 0 aliphatic heterocycles. The van der Waals surface area contributed by atoms with Crippen LogP contribution in [-0.2, 0) is 22.9 Å². The number of thiazole rings is 1. The van der Waals surface area contributed by atoms with Gasteiger partial charge in [0.05, 0.1) is 10.6 Å². The summed E-state index contributed by atoms with van der Waals surface area (Å²) in [6, 6.07) is 4.68. The van der Waals surface area contributed by atoms with Crippen molar-refractivity contribution in [2.45, 2.75) is 31.1 Å². The van der Waals surface area contributed by atoms with E-state index in [1.807, 2.05) is 0 Å². The highest BCUT2D eigenvalue weighted by Gasteiger charge is 2.21. The lowest BCUT2D eigenvalue weighted by Crippen LogP contribution is -2.13. The Morgan fingerprint density at radius 2 is 2.15 bits per heavy atom. The summed E-state index contributed by atoms with van der Waals surface area (Å²) in [7, 11) is -3.60. The van der Waals surface area contributed by atoms with E-state index >= 15 is 0 Å². The van der Waals surface area contributed by atoms with Crippen molar-refractivity contribution in [2.24, 2.45) is 0 Å². The van der Waals surface area contributed by atoms with Crippen LogP contribution >= 0.6 is 11.3 Å². The molecule has 20 heavy (non-hydrogen) atoms. The molecule has 1 aromatic carbocycles. The van der Waals surface area contributed by atoms with Gasteiger partial charge in [0.25, 0.3) is 10.0 Å². The highest BCUT2D eigenvalue weighted by molar-refractivity contribution is 7.93. The molecule has 3 rings (SSSR count). The Balaban J connectivity index is 1.89. The molecule has 0 saturated heterocycles. The Morgan fingerprint density at radius 1 is 1.35 bits per heavy atom. The molecule has 5 nitrogen and oxygen atoms in total. The van der Waals surface area contributed by atoms with Gasteiger partial charge in [0.2, 0.25) is 0 Å². The summed E-state index contributed by atoms with van der Waals surface area (Å²) in [4.78, 5) is 5.74. The molecule has 0 spiro atoms. The molecule has 0 fully saturated rings. The number of fused-ring (bicyclic) bond motifs is 1. The molecule has 7 heteroatoms. The number of aryl methyl sites for hydroxylation is 3. The van der Waals surface area contributed by atoms with E-state index < -0.39 is 10.0 Å². The minimum atomic E-state index is -3.60. The van der Waals surface area contributed by atoms with E-state index in [4.69, 9.17) is 5.73 Å². The van der Waals surface area contributed by atoms with E-state index in [1.165, 1.54) is 22.3 Å². The van der Waals surface area contributed by atoms with Crippen LogP contribution in [0.5, 0.6) is 0 Å². The summed E-state index contributed by atoms with van der Waals surface area (Å²) in [5, 5.41) is 0.448. The fourth-order valence-corrected chi connectivity index (χ4v) is 4.59. The Hall–Kier alpha value is -1.60. The number of hydrogen-bond acceptors (Lipinski definition) is 5. The van der Waals surface area contributed by atoms with Crippen LogP contribution in [0.25, 0.3) is 0 Å². The maximum absolute atomic E-state index is 12.3. The lowest BCUT2D eigenvalue weighted by molar-refractivity contribution is 0.601. The minimum Gasteiger partial charge on any atom is -0.399 e. The second kappa shape index (κ2) is 4.75. The maximum Gasteiger partial charge on any atom is 0.263 e. The molecule has 1 heterocycles. The van der Waals surface area contributed by atoms with Gasteiger partial charge < -0.3 is 5.73 Å². The smallest absolute Gasteiger partial charge is 0.263 e. The van der Waals surface area contributed by atoms with Gasteiger partial charge in [-0.2, -0.15) is 0 Å². The third kappa shape index (κ3) is 2.38. The van der Waals surface area contributed by atoms with Gasteiger partial charge in [-0.25, -0.2) is 13.4 Å². The number of nitrogens with one attached hydrogen (secondary N) is 1. The number of nitrogens with zero attached hydrogens (tertiary/aromatic N) is 1. The van der Waals surface area contributed by atoms with Crippen molar-refractivity contribution < 1.29 is 8.42 Å². The van der Waals surface area contributed by atoms with E-state index in [9.17, 15) is 8.42 Å². The average molecular weight is 309 g/mol. The number of rotatable bonds is 3. The zero-order chi connectivity index (χ0) is 14.3. The molecule has 1 aliphatic carbocycles. The predicted octanol–water partition coefficient (Wildman–Crippen LogP) is 2.32. The van der Waals surface area contributed by atoms with E-state index in [2.05, 4.69) is 9.71 Å². The molecule has 0 atom stereocenters. The van der Waals surface area contributed by atoms with Gasteiger partial charge in [0.1, 0.15) is 0 Å². The van der Waals surface area contributed by atoms with Crippen molar-refractivity contribution in [3.05, 3.63) is 34.3 Å². The van der Waals surface area contributed by atoms with Crippen LogP contribution in [0.3, 0.4) is 0 Å². The quantitative estimate of drug-likeness (QED) is 0.852. The zero-order valence-corrected chi connectivity index (χ0v) is 12.6. The zero-order valence-electron chi connectivity index (χ0n) is 11.0. The first-order chi connectivity index (χ1) is 9.45. The third-order valence-electron chi connectivity index (χ3n) is 3.37. The van der Waals surface area contributed by atoms with Crippen LogP contribution < -0.4 is 10.5 Å². The number of anilines is 2. The summed E-state index contributed by atoms with van der Waals surface area (Å²) < 4.78 is 27.2. The summed E-state index contributed by atoms with van der Waals surface area (Å²) in [6.45, 7) is 1.78. The van der Waals surface area contributed by atoms with E-state index in [1.54, 1.807) is 19.1 Å². The number of hydrogen-bond donors (Lipinski definition) is 2. The maximum atomic E-state index is 12.3. The molecule has 1 aromatic heterocycles. The minimum absolute atomic E-state index is 0.208. The summed E-state index contributed by atoms with van der Waals surface area (Å²) in [5.74, 6) is 0. The number of nitrogen functional groups attached to an aromatic ring is 1. The second-order valence-electron chi connectivity index (χ2n) is 4.87. The van der Waals surface area contributed by atoms with Gasteiger partial charge in [-0.3, -0.25) is 4.72 Å². The molecule has 106 valence electrons. The first kappa shape index (κ1) is 13.4. The van der Waals surface area contributed by atoms with Crippen LogP contribution in [0.2, 0.25) is 0 Å². The molecule has 2 aromatic rings. The first-order valence-electron chi connectivity index (χ1n) is 6.33. The van der Waals surface area contributed by atoms with E-state index in [0.29, 0.717) is 10.8 Å². The van der Waals surface area contributed by atoms with Crippen molar-refractivity contribution in [1.29, 1.82) is 0 Å². The standard InChI is InChI=1S/C13H15N3O2S2/c1-8-7-9(5-6-10(8)14)20(17,18)16-13-15-11-3-2-4-12(11)19-13/h5-7H,2-4,14H2,1H3,(H,15,16). The predicted molar refractivity (Wildman–Crippen MR) is 80.5 cm³/mol. The molecular weight excluding hydrogens is 294 g/mol. The molecule has 0 radical (unpaired) electrons. The van der Waals surface area contributed by atoms with Gasteiger partial charge in [0, 0.05) is 10.6 Å². The summed E-state index contributed by atoms with van der Waals surface area (Å²) >= 11 is 1.42. The van der Waals surface area contributed by atoms with Crippen molar-refractivity contribution in [2.75, 3.05) is 10.5 Å². The summed E-state index contributed by atoms with van der Waals surface area (Å²) in [5.41, 5.74) is 8.06. The highest BCUT2D eigenvalue weighted by Crippen LogP contribution is 2.31. The van der Waals surface area contributed by atoms with Crippen LogP contribution in [0.1, 0.15) is 22.6 Å². The van der Waals surface area contributed by atoms with Crippen molar-refractivity contribution in [3.63, 3.8) is 0 Å². The average Bonchev–Trinajstić information content (AvgIpc) is 2.92. The molecule has 0 bridgehead atoms. The van der Waals surface area contributed by atoms with Gasteiger partial charge >= 0.3 is 0 Å². The van der Waals surface area contributed by atoms with Crippen molar-refractivity contribution in [1.82, 2.24) is 4.98 Å². The molecule has 0 amide bonds. The van der Waals surface area contributed by atoms with Gasteiger partial charge in [-0.05, 0) is 49.9 Å². The fraction of sp³-hybridized carbons (Fsp3) is 0.308. The van der Waals surface area contributed by atoms with Crippen LogP contribution in [0.4, 0.5) is 10.8 Å². The number of aromatic nitrogens is 1. The Kier molecular flexibility index (Phi) is 3.18. The SMILES string of the molecule is Cc1cc(S(=O)(=O)Nc2nc3c(s2)CCC3)ccc1N. The van der Waals surface area contributed by atoms with Crippen molar-refractivity contribution in [3.8, 4) is 0 Å². The Bertz CT molecular complexity index is 744. The Morgan fingerprint density at radius 3 is 2.85 bits per heavy atom. The molecule has 0 saturated carbocycles. The van der Waals surface area contributed by atoms with Gasteiger partial charge in [0.15, 0.2) is 5.13 Å². The number of nitrogens with two attached hydrogens (primary N) is 1. The molecule has 3 N–H and O–H groups in total. The lowest BCUT2D eigenvalue weighted by Gasteiger charge is -2.07. The van der Waals surface area contributed by atoms with Gasteiger partial charge in [-0.1, -0.05) is 0 Å². The number of benzene rings is 1. The largest absolute Gasteiger partial charge is 0.399 e. The number of sulfonamides is 1. The van der Waals surface area contributed by atoms with Crippen LogP contribution in [0.15, 0.2) is 23.1 Å². The second-order valence-corrected chi connectivity index (χ2v) is 7.63. The van der Waals surface area contributed by atoms with Crippen LogP contribution in [-0.4, -0.2) is 13.4 Å². The molecular formula is C13H15N3O2S2. The molecule has 1 aliphatic rings. The monoisotopic (exact) mass is 309 g/mol. The summed E-state index contributed by atoms with van der Waals surface area (Å²) in [6.07, 6.45) is 3.04. The van der Waals surface area contributed by atoms with Gasteiger partial charge in [-0.15, -0.1) is 11.3 Å². The fourth-order valence-electron chi connectivity index (χ4n) is 2.22. The Labute approximate surface area is 121 Å². The topological polar surface area (TPSA) is 85.1 Å². The van der Waals surface area contributed by atoms with Crippen molar-refractivity contribution >= 4 is 32.2 Å². The van der Waals surface area contributed by atoms with E-state index in [-0.39, 0.29) is 4.90 Å². The van der Waals surface area contributed by atoms with Crippen LogP contribution in [0, 0.1) is 6.92 Å². The highest BCUT2D eigenvalue weighted by atomic mass is 32.2. The lowest BCUT2D eigenvalue weighted by atomic mass is 10.2. The third-order valence-corrected chi connectivity index (χ3v) is 5.91. The first-order valence-corrected chi connectivity index (χ1v) is 8.63. The van der Waals surface area contributed by atoms with E-state index in [0.717, 1.165) is 30.5 Å².